The van der Waals surface area contributed by atoms with Crippen molar-refractivity contribution in [1.82, 2.24) is 0 Å². The van der Waals surface area contributed by atoms with E-state index < -0.39 is 0 Å². The van der Waals surface area contributed by atoms with Gasteiger partial charge in [0, 0.05) is 0 Å². The molecule has 0 amide bonds. The van der Waals surface area contributed by atoms with Crippen LogP contribution in [0.1, 0.15) is 12.0 Å². The zero-order valence-corrected chi connectivity index (χ0v) is 6.01. The van der Waals surface area contributed by atoms with Gasteiger partial charge in [-0.05, 0) is 24.5 Å². The maximum Gasteiger partial charge on any atom is -0.0184 e. The minimum Gasteiger partial charge on any atom is -0.103 e. The summed E-state index contributed by atoms with van der Waals surface area (Å²) in [4.78, 5) is 0. The third-order valence-corrected chi connectivity index (χ3v) is 1.42. The van der Waals surface area contributed by atoms with Gasteiger partial charge >= 0.3 is 0 Å². The quantitative estimate of drug-likeness (QED) is 0.553. The van der Waals surface area contributed by atoms with E-state index in [4.69, 9.17) is 0 Å². The lowest BCUT2D eigenvalue weighted by atomic mass is 10.1. The minimum absolute atomic E-state index is 1.06. The van der Waals surface area contributed by atoms with Gasteiger partial charge in [-0.2, -0.15) is 0 Å². The molecule has 1 aromatic rings. The fourth-order valence-corrected chi connectivity index (χ4v) is 0.857. The van der Waals surface area contributed by atoms with Gasteiger partial charge in [0.05, 0.1) is 0 Å². The Kier molecular flexibility index (Phi) is 2.75. The molecule has 0 unspecified atom stereocenters. The van der Waals surface area contributed by atoms with E-state index in [2.05, 4.69) is 24.8 Å². The highest BCUT2D eigenvalue weighted by molar-refractivity contribution is 5.14. The Labute approximate surface area is 62.2 Å². The number of rotatable bonds is 3. The Morgan fingerprint density at radius 1 is 1.40 bits per heavy atom. The second-order valence-electron chi connectivity index (χ2n) is 2.24. The molecule has 10 heavy (non-hydrogen) atoms. The lowest BCUT2D eigenvalue weighted by Gasteiger charge is -1.94. The first-order valence-corrected chi connectivity index (χ1v) is 3.49. The first-order valence-electron chi connectivity index (χ1n) is 3.49. The summed E-state index contributed by atoms with van der Waals surface area (Å²) in [6.07, 6.45) is 4.10. The maximum absolute atomic E-state index is 3.67. The normalized spacial score (nSPS) is 9.20. The second kappa shape index (κ2) is 3.89. The summed E-state index contributed by atoms with van der Waals surface area (Å²) in [6.45, 7) is 3.67. The van der Waals surface area contributed by atoms with Crippen LogP contribution in [0.2, 0.25) is 0 Å². The number of allylic oxidation sites excluding steroid dienone is 1. The van der Waals surface area contributed by atoms with Crippen molar-refractivity contribution in [3.8, 4) is 0 Å². The largest absolute Gasteiger partial charge is 0.103 e. The Balaban J connectivity index is 2.50. The van der Waals surface area contributed by atoms with Gasteiger partial charge in [0.15, 0.2) is 0 Å². The summed E-state index contributed by atoms with van der Waals surface area (Å²) in [5, 5.41) is 0. The summed E-state index contributed by atoms with van der Waals surface area (Å²) in [5.41, 5.74) is 1.36. The van der Waals surface area contributed by atoms with E-state index in [0.717, 1.165) is 12.8 Å². The SMILES string of the molecule is C=CCCc1cc[c]cc1. The van der Waals surface area contributed by atoms with Crippen molar-refractivity contribution in [3.05, 3.63) is 48.6 Å². The first kappa shape index (κ1) is 7.07. The molecule has 1 aromatic carbocycles. The molecule has 0 nitrogen and oxygen atoms in total. The van der Waals surface area contributed by atoms with Crippen molar-refractivity contribution in [3.63, 3.8) is 0 Å². The zero-order valence-electron chi connectivity index (χ0n) is 6.01. The van der Waals surface area contributed by atoms with Crippen LogP contribution in [0, 0.1) is 6.07 Å². The molecular formula is C10H11. The molecule has 0 aromatic heterocycles. The average Bonchev–Trinajstić information content (AvgIpc) is 2.03. The van der Waals surface area contributed by atoms with Crippen LogP contribution in [0.3, 0.4) is 0 Å². The van der Waals surface area contributed by atoms with Gasteiger partial charge in [-0.3, -0.25) is 0 Å². The minimum atomic E-state index is 1.06. The van der Waals surface area contributed by atoms with E-state index in [1.54, 1.807) is 0 Å². The molecule has 0 heteroatoms. The van der Waals surface area contributed by atoms with E-state index in [0.29, 0.717) is 0 Å². The fourth-order valence-electron chi connectivity index (χ4n) is 0.857. The summed E-state index contributed by atoms with van der Waals surface area (Å²) in [6, 6.07) is 11.0. The molecule has 0 fully saturated rings. The molecule has 0 aliphatic heterocycles. The Hall–Kier alpha value is -1.04. The molecule has 0 saturated carbocycles. The van der Waals surface area contributed by atoms with Crippen LogP contribution in [-0.2, 0) is 6.42 Å². The van der Waals surface area contributed by atoms with E-state index in [1.807, 2.05) is 18.2 Å². The number of hydrogen-bond donors (Lipinski definition) is 0. The highest BCUT2D eigenvalue weighted by Crippen LogP contribution is 2.01. The standard InChI is InChI=1S/C10H11/c1-2-3-7-10-8-5-4-6-9-10/h2,5-6,8-9H,1,3,7H2. The molecule has 0 aliphatic rings. The lowest BCUT2D eigenvalue weighted by molar-refractivity contribution is 1.00. The van der Waals surface area contributed by atoms with Gasteiger partial charge in [-0.15, -0.1) is 6.58 Å². The Morgan fingerprint density at radius 3 is 2.70 bits per heavy atom. The molecule has 0 aliphatic carbocycles. The van der Waals surface area contributed by atoms with Gasteiger partial charge < -0.3 is 0 Å². The Bertz CT molecular complexity index is 186. The summed E-state index contributed by atoms with van der Waals surface area (Å²) < 4.78 is 0. The van der Waals surface area contributed by atoms with Crippen LogP contribution in [0.25, 0.3) is 0 Å². The van der Waals surface area contributed by atoms with Crippen molar-refractivity contribution in [2.24, 2.45) is 0 Å². The van der Waals surface area contributed by atoms with Crippen molar-refractivity contribution in [1.29, 1.82) is 0 Å². The monoisotopic (exact) mass is 131 g/mol. The van der Waals surface area contributed by atoms with Crippen molar-refractivity contribution < 1.29 is 0 Å². The lowest BCUT2D eigenvalue weighted by Crippen LogP contribution is -1.80. The van der Waals surface area contributed by atoms with E-state index in [-0.39, 0.29) is 0 Å². The summed E-state index contributed by atoms with van der Waals surface area (Å²) in [5.74, 6) is 0. The van der Waals surface area contributed by atoms with Crippen LogP contribution in [0.4, 0.5) is 0 Å². The van der Waals surface area contributed by atoms with Crippen LogP contribution in [0.15, 0.2) is 36.9 Å². The first-order chi connectivity index (χ1) is 4.93. The zero-order chi connectivity index (χ0) is 7.23. The highest BCUT2D eigenvalue weighted by atomic mass is 13.9. The van der Waals surface area contributed by atoms with Crippen molar-refractivity contribution >= 4 is 0 Å². The fraction of sp³-hybridized carbons (Fsp3) is 0.200. The number of aryl methyl sites for hydroxylation is 1. The number of hydrogen-bond acceptors (Lipinski definition) is 0. The third kappa shape index (κ3) is 2.06. The molecule has 0 spiro atoms. The number of benzene rings is 1. The molecule has 0 bridgehead atoms. The highest BCUT2D eigenvalue weighted by Gasteiger charge is 1.86. The van der Waals surface area contributed by atoms with E-state index >= 15 is 0 Å². The van der Waals surface area contributed by atoms with Gasteiger partial charge in [-0.25, -0.2) is 0 Å². The molecule has 0 atom stereocenters. The average molecular weight is 131 g/mol. The molecule has 0 saturated heterocycles. The van der Waals surface area contributed by atoms with E-state index in [1.165, 1.54) is 5.56 Å². The molecule has 51 valence electrons. The smallest absolute Gasteiger partial charge is 0.0184 e. The second-order valence-corrected chi connectivity index (χ2v) is 2.24. The molecule has 1 radical (unpaired) electrons. The Morgan fingerprint density at radius 2 is 2.10 bits per heavy atom. The van der Waals surface area contributed by atoms with Crippen LogP contribution < -0.4 is 0 Å². The van der Waals surface area contributed by atoms with Gasteiger partial charge in [0.2, 0.25) is 0 Å². The van der Waals surface area contributed by atoms with Crippen LogP contribution in [-0.4, -0.2) is 0 Å². The predicted octanol–water partition coefficient (Wildman–Crippen LogP) is 2.61. The van der Waals surface area contributed by atoms with Crippen molar-refractivity contribution in [2.45, 2.75) is 12.8 Å². The van der Waals surface area contributed by atoms with Gasteiger partial charge in [0.1, 0.15) is 0 Å². The topological polar surface area (TPSA) is 0 Å². The van der Waals surface area contributed by atoms with Gasteiger partial charge in [-0.1, -0.05) is 30.3 Å². The molecule has 0 heterocycles. The van der Waals surface area contributed by atoms with E-state index in [9.17, 15) is 0 Å². The summed E-state index contributed by atoms with van der Waals surface area (Å²) >= 11 is 0. The molecular weight excluding hydrogens is 120 g/mol. The maximum atomic E-state index is 3.67. The molecule has 1 rings (SSSR count). The van der Waals surface area contributed by atoms with Crippen LogP contribution >= 0.6 is 0 Å². The van der Waals surface area contributed by atoms with Crippen molar-refractivity contribution in [2.75, 3.05) is 0 Å². The van der Waals surface area contributed by atoms with Gasteiger partial charge in [0.25, 0.3) is 0 Å². The summed E-state index contributed by atoms with van der Waals surface area (Å²) in [7, 11) is 0. The third-order valence-electron chi connectivity index (χ3n) is 1.42. The molecule has 0 N–H and O–H groups in total. The predicted molar refractivity (Wildman–Crippen MR) is 43.8 cm³/mol. The van der Waals surface area contributed by atoms with Crippen LogP contribution in [0.5, 0.6) is 0 Å².